The van der Waals surface area contributed by atoms with Gasteiger partial charge in [-0.25, -0.2) is 0 Å². The van der Waals surface area contributed by atoms with Crippen LogP contribution in [0.2, 0.25) is 0 Å². The maximum atomic E-state index is 3.77. The molecule has 0 saturated carbocycles. The Kier molecular flexibility index (Phi) is 58.0. The van der Waals surface area contributed by atoms with E-state index < -0.39 is 0 Å². The van der Waals surface area contributed by atoms with Crippen LogP contribution < -0.4 is 0 Å². The second-order valence-electron chi connectivity index (χ2n) is 3.90. The van der Waals surface area contributed by atoms with Crippen molar-refractivity contribution < 1.29 is 26.2 Å². The molecule has 92 valence electrons. The Morgan fingerprint density at radius 1 is 0.667 bits per heavy atom. The summed E-state index contributed by atoms with van der Waals surface area (Å²) in [4.78, 5) is 0. The molecule has 0 unspecified atom stereocenters. The van der Waals surface area contributed by atoms with Gasteiger partial charge < -0.3 is 22.9 Å². The van der Waals surface area contributed by atoms with Crippen LogP contribution in [0.1, 0.15) is 20.8 Å². The molecule has 0 amide bonds. The molecule has 0 aliphatic heterocycles. The molecule has 0 heterocycles. The molecule has 0 aromatic rings. The number of hydrogen-bond acceptors (Lipinski definition) is 0. The predicted molar refractivity (Wildman–Crippen MR) is 70.4 cm³/mol. The SMILES string of the molecule is C[N-]C.C[N-]C.C[N-]C.[CH2-]C(C)(C)C.[Zr+4]. The third-order valence-corrected chi connectivity index (χ3v) is 0. The molecular weight excluding hydrogens is 265 g/mol. The molecule has 0 N–H and O–H groups in total. The molecule has 4 heteroatoms. The van der Waals surface area contributed by atoms with Gasteiger partial charge in [-0.15, -0.1) is 0 Å². The van der Waals surface area contributed by atoms with Crippen molar-refractivity contribution in [3.63, 3.8) is 0 Å². The van der Waals surface area contributed by atoms with E-state index in [9.17, 15) is 0 Å². The third kappa shape index (κ3) is 4130. The minimum Gasteiger partial charge on any atom is -0.668 e. The van der Waals surface area contributed by atoms with Crippen LogP contribution in [0.25, 0.3) is 16.0 Å². The molecule has 0 aliphatic carbocycles. The van der Waals surface area contributed by atoms with Crippen LogP contribution >= 0.6 is 0 Å². The van der Waals surface area contributed by atoms with E-state index in [2.05, 4.69) is 43.6 Å². The summed E-state index contributed by atoms with van der Waals surface area (Å²) in [6.07, 6.45) is 0. The first kappa shape index (κ1) is 29.7. The fourth-order valence-electron chi connectivity index (χ4n) is 0. The van der Waals surface area contributed by atoms with Gasteiger partial charge in [-0.05, 0) is 0 Å². The summed E-state index contributed by atoms with van der Waals surface area (Å²) in [6.45, 7) is 10.0. The van der Waals surface area contributed by atoms with Crippen molar-refractivity contribution in [2.24, 2.45) is 5.41 Å². The molecule has 0 fully saturated rings. The van der Waals surface area contributed by atoms with Crippen molar-refractivity contribution in [1.29, 1.82) is 0 Å². The van der Waals surface area contributed by atoms with Gasteiger partial charge in [0.05, 0.1) is 0 Å². The Morgan fingerprint density at radius 2 is 0.667 bits per heavy atom. The van der Waals surface area contributed by atoms with Crippen molar-refractivity contribution in [2.45, 2.75) is 20.8 Å². The minimum atomic E-state index is 0. The molecular formula is C11H29N3Zr. The average Bonchev–Trinajstić information content (AvgIpc) is 1.86. The van der Waals surface area contributed by atoms with Crippen molar-refractivity contribution >= 4 is 0 Å². The zero-order chi connectivity index (χ0) is 12.6. The van der Waals surface area contributed by atoms with Crippen LogP contribution in [0.5, 0.6) is 0 Å². The summed E-state index contributed by atoms with van der Waals surface area (Å²) < 4.78 is 0. The van der Waals surface area contributed by atoms with Crippen LogP contribution in [0.4, 0.5) is 0 Å². The van der Waals surface area contributed by atoms with Crippen molar-refractivity contribution in [3.05, 3.63) is 22.9 Å². The van der Waals surface area contributed by atoms with Crippen LogP contribution in [0.15, 0.2) is 0 Å². The van der Waals surface area contributed by atoms with Crippen molar-refractivity contribution in [1.82, 2.24) is 0 Å². The topological polar surface area (TPSA) is 42.3 Å². The maximum Gasteiger partial charge on any atom is 4.00 e. The molecule has 0 radical (unpaired) electrons. The molecule has 0 aromatic heterocycles. The minimum absolute atomic E-state index is 0. The van der Waals surface area contributed by atoms with E-state index >= 15 is 0 Å². The molecule has 0 aliphatic rings. The normalized spacial score (nSPS) is 7.60. The van der Waals surface area contributed by atoms with E-state index in [1.165, 1.54) is 0 Å². The van der Waals surface area contributed by atoms with E-state index in [0.29, 0.717) is 0 Å². The van der Waals surface area contributed by atoms with Crippen molar-refractivity contribution in [3.8, 4) is 0 Å². The summed E-state index contributed by atoms with van der Waals surface area (Å²) in [6, 6.07) is 0. The van der Waals surface area contributed by atoms with Crippen molar-refractivity contribution in [2.75, 3.05) is 42.3 Å². The molecule has 3 nitrogen and oxygen atoms in total. The number of nitrogens with zero attached hydrogens (tertiary/aromatic N) is 3. The second-order valence-corrected chi connectivity index (χ2v) is 3.90. The smallest absolute Gasteiger partial charge is 0.668 e. The quantitative estimate of drug-likeness (QED) is 0.611. The van der Waals surface area contributed by atoms with E-state index in [-0.39, 0.29) is 31.6 Å². The first-order valence-corrected chi connectivity index (χ1v) is 4.54. The molecule has 0 aromatic carbocycles. The zero-order valence-electron chi connectivity index (χ0n) is 12.0. The number of rotatable bonds is 0. The average molecular weight is 295 g/mol. The monoisotopic (exact) mass is 293 g/mol. The Bertz CT molecular complexity index is 52.6. The fraction of sp³-hybridized carbons (Fsp3) is 0.909. The predicted octanol–water partition coefficient (Wildman–Crippen LogP) is 3.72. The fourth-order valence-corrected chi connectivity index (χ4v) is 0. The molecule has 15 heavy (non-hydrogen) atoms. The largest absolute Gasteiger partial charge is 4.00 e. The Morgan fingerprint density at radius 3 is 0.667 bits per heavy atom. The van der Waals surface area contributed by atoms with Crippen LogP contribution in [-0.4, -0.2) is 42.3 Å². The molecule has 0 atom stereocenters. The van der Waals surface area contributed by atoms with Gasteiger partial charge in [-0.2, -0.15) is 47.7 Å². The Hall–Kier alpha value is 0.763. The Balaban J connectivity index is -0.0000000300. The van der Waals surface area contributed by atoms with E-state index in [1.54, 1.807) is 42.3 Å². The summed E-state index contributed by atoms with van der Waals surface area (Å²) in [5.41, 5.74) is 0.250. The molecule has 0 saturated heterocycles. The first-order valence-electron chi connectivity index (χ1n) is 4.54. The second kappa shape index (κ2) is 29.3. The van der Waals surface area contributed by atoms with E-state index in [4.69, 9.17) is 0 Å². The van der Waals surface area contributed by atoms with Crippen LogP contribution in [0, 0.1) is 12.3 Å². The maximum absolute atomic E-state index is 3.77. The molecule has 0 spiro atoms. The van der Waals surface area contributed by atoms with Crippen LogP contribution in [0.3, 0.4) is 0 Å². The summed E-state index contributed by atoms with van der Waals surface area (Å²) >= 11 is 0. The van der Waals surface area contributed by atoms with E-state index in [1.807, 2.05) is 0 Å². The Labute approximate surface area is 117 Å². The van der Waals surface area contributed by atoms with Gasteiger partial charge in [0.15, 0.2) is 0 Å². The van der Waals surface area contributed by atoms with E-state index in [0.717, 1.165) is 0 Å². The van der Waals surface area contributed by atoms with Crippen LogP contribution in [-0.2, 0) is 26.2 Å². The number of hydrogen-bond donors (Lipinski definition) is 0. The standard InChI is InChI=1S/C5H11.3C2H6N.Zr/c1-5(2,3)4;3*1-3-2;/h1H2,2-4H3;3*1-2H3;/q4*-1;+4. The molecule has 0 bridgehead atoms. The molecule has 0 rings (SSSR count). The summed E-state index contributed by atoms with van der Waals surface area (Å²) in [5.74, 6) is 0. The third-order valence-electron chi connectivity index (χ3n) is 0. The van der Waals surface area contributed by atoms with Gasteiger partial charge in [-0.3, -0.25) is 0 Å². The van der Waals surface area contributed by atoms with Gasteiger partial charge >= 0.3 is 26.2 Å². The summed E-state index contributed by atoms with van der Waals surface area (Å²) in [5, 5.41) is 10.5. The zero-order valence-corrected chi connectivity index (χ0v) is 14.5. The van der Waals surface area contributed by atoms with Gasteiger partial charge in [0, 0.05) is 0 Å². The van der Waals surface area contributed by atoms with Gasteiger partial charge in [0.1, 0.15) is 0 Å². The van der Waals surface area contributed by atoms with Gasteiger partial charge in [0.25, 0.3) is 0 Å². The first-order chi connectivity index (χ1) is 6.24. The van der Waals surface area contributed by atoms with Gasteiger partial charge in [-0.1, -0.05) is 20.8 Å². The summed E-state index contributed by atoms with van der Waals surface area (Å²) in [7, 11) is 10.5. The van der Waals surface area contributed by atoms with Gasteiger partial charge in [0.2, 0.25) is 0 Å².